The molecule has 3 nitrogen and oxygen atoms in total. The van der Waals surface area contributed by atoms with Gasteiger partial charge in [-0.05, 0) is 31.5 Å². The van der Waals surface area contributed by atoms with Crippen molar-refractivity contribution in [3.8, 4) is 0 Å². The molecule has 0 spiro atoms. The molecule has 114 valence electrons. The molecule has 0 aliphatic rings. The van der Waals surface area contributed by atoms with Gasteiger partial charge in [0.2, 0.25) is 5.91 Å². The number of hydrogen-bond donors (Lipinski definition) is 0. The maximum Gasteiger partial charge on any atom is 0.222 e. The predicted octanol–water partition coefficient (Wildman–Crippen LogP) is 3.60. The molecule has 1 amide bonds. The van der Waals surface area contributed by atoms with E-state index in [9.17, 15) is 9.18 Å². The first-order valence-electron chi connectivity index (χ1n) is 6.81. The van der Waals surface area contributed by atoms with E-state index in [1.165, 1.54) is 11.8 Å². The van der Waals surface area contributed by atoms with Gasteiger partial charge in [0.1, 0.15) is 5.67 Å². The first-order chi connectivity index (χ1) is 8.28. The van der Waals surface area contributed by atoms with E-state index in [1.807, 2.05) is 0 Å². The van der Waals surface area contributed by atoms with Gasteiger partial charge >= 0.3 is 0 Å². The molecule has 0 radical (unpaired) electrons. The van der Waals surface area contributed by atoms with Crippen LogP contribution in [-0.2, 0) is 9.22 Å². The number of halogens is 1. The molecule has 1 unspecified atom stereocenters. The summed E-state index contributed by atoms with van der Waals surface area (Å²) in [5.41, 5.74) is -1.44. The van der Waals surface area contributed by atoms with E-state index in [1.54, 1.807) is 14.1 Å². The van der Waals surface area contributed by atoms with Crippen LogP contribution in [0.2, 0.25) is 18.1 Å². The lowest BCUT2D eigenvalue weighted by atomic mass is 10.0. The van der Waals surface area contributed by atoms with Crippen molar-refractivity contribution in [1.82, 2.24) is 4.90 Å². The molecule has 0 rings (SSSR count). The first kappa shape index (κ1) is 18.6. The molecular weight excluding hydrogens is 261 g/mol. The van der Waals surface area contributed by atoms with Gasteiger partial charge in [0.05, 0.1) is 6.61 Å². The third kappa shape index (κ3) is 6.52. The van der Waals surface area contributed by atoms with Crippen LogP contribution >= 0.6 is 0 Å². The van der Waals surface area contributed by atoms with Crippen LogP contribution in [0.4, 0.5) is 4.39 Å². The highest BCUT2D eigenvalue weighted by molar-refractivity contribution is 6.74. The molecule has 0 fully saturated rings. The molecule has 0 saturated carbocycles. The van der Waals surface area contributed by atoms with Gasteiger partial charge in [-0.1, -0.05) is 20.8 Å². The van der Waals surface area contributed by atoms with E-state index < -0.39 is 14.0 Å². The Labute approximate surface area is 118 Å². The SMILES string of the molecule is CN(C)C(=O)CCC(C)(F)CO[Si](C)(C)C(C)(C)C. The molecule has 5 heteroatoms. The summed E-state index contributed by atoms with van der Waals surface area (Å²) in [5.74, 6) is -0.0452. The molecule has 0 aromatic carbocycles. The second-order valence-corrected chi connectivity index (χ2v) is 12.1. The number of nitrogens with zero attached hydrogens (tertiary/aromatic N) is 1. The second kappa shape index (κ2) is 6.35. The molecule has 0 heterocycles. The average molecular weight is 291 g/mol. The summed E-state index contributed by atoms with van der Waals surface area (Å²) < 4.78 is 20.2. The van der Waals surface area contributed by atoms with Crippen molar-refractivity contribution in [2.45, 2.75) is 64.3 Å². The number of rotatable bonds is 6. The molecule has 0 aromatic heterocycles. The van der Waals surface area contributed by atoms with Crippen LogP contribution in [0, 0.1) is 0 Å². The summed E-state index contributed by atoms with van der Waals surface area (Å²) in [6.07, 6.45) is 0.430. The van der Waals surface area contributed by atoms with Crippen molar-refractivity contribution in [3.05, 3.63) is 0 Å². The van der Waals surface area contributed by atoms with Crippen LogP contribution in [0.15, 0.2) is 0 Å². The minimum absolute atomic E-state index is 0.0452. The molecule has 1 atom stereocenters. The molecular formula is C14H30FNO2Si. The first-order valence-corrected chi connectivity index (χ1v) is 9.72. The van der Waals surface area contributed by atoms with Gasteiger partial charge in [-0.3, -0.25) is 4.79 Å². The minimum Gasteiger partial charge on any atom is -0.414 e. The lowest BCUT2D eigenvalue weighted by Gasteiger charge is -2.38. The van der Waals surface area contributed by atoms with E-state index in [4.69, 9.17) is 4.43 Å². The topological polar surface area (TPSA) is 29.5 Å². The van der Waals surface area contributed by atoms with Gasteiger partial charge in [0.25, 0.3) is 0 Å². The third-order valence-corrected chi connectivity index (χ3v) is 8.38. The van der Waals surface area contributed by atoms with Crippen molar-refractivity contribution in [2.24, 2.45) is 0 Å². The zero-order valence-corrected chi connectivity index (χ0v) is 14.8. The van der Waals surface area contributed by atoms with Crippen molar-refractivity contribution >= 4 is 14.2 Å². The highest BCUT2D eigenvalue weighted by Gasteiger charge is 2.39. The molecule has 0 aliphatic heterocycles. The van der Waals surface area contributed by atoms with Gasteiger partial charge in [-0.25, -0.2) is 4.39 Å². The number of hydrogen-bond acceptors (Lipinski definition) is 2. The average Bonchev–Trinajstić information content (AvgIpc) is 2.22. The van der Waals surface area contributed by atoms with E-state index in [0.29, 0.717) is 0 Å². The number of alkyl halides is 1. The van der Waals surface area contributed by atoms with Crippen LogP contribution in [0.25, 0.3) is 0 Å². The lowest BCUT2D eigenvalue weighted by Crippen LogP contribution is -2.44. The van der Waals surface area contributed by atoms with Crippen LogP contribution in [0.1, 0.15) is 40.5 Å². The van der Waals surface area contributed by atoms with Crippen LogP contribution in [-0.4, -0.2) is 45.5 Å². The van der Waals surface area contributed by atoms with Crippen LogP contribution in [0.5, 0.6) is 0 Å². The van der Waals surface area contributed by atoms with Crippen LogP contribution < -0.4 is 0 Å². The monoisotopic (exact) mass is 291 g/mol. The molecule has 0 N–H and O–H groups in total. The van der Waals surface area contributed by atoms with Crippen molar-refractivity contribution in [2.75, 3.05) is 20.7 Å². The van der Waals surface area contributed by atoms with E-state index in [-0.39, 0.29) is 30.4 Å². The summed E-state index contributed by atoms with van der Waals surface area (Å²) in [7, 11) is 1.44. The fourth-order valence-electron chi connectivity index (χ4n) is 1.21. The van der Waals surface area contributed by atoms with E-state index >= 15 is 0 Å². The summed E-state index contributed by atoms with van der Waals surface area (Å²) in [4.78, 5) is 13.0. The summed E-state index contributed by atoms with van der Waals surface area (Å²) in [5, 5.41) is 0.0720. The Morgan fingerprint density at radius 2 is 1.68 bits per heavy atom. The molecule has 0 aliphatic carbocycles. The fraction of sp³-hybridized carbons (Fsp3) is 0.929. The van der Waals surface area contributed by atoms with Gasteiger partial charge in [0.15, 0.2) is 8.32 Å². The maximum absolute atomic E-state index is 14.4. The van der Waals surface area contributed by atoms with Gasteiger partial charge in [-0.2, -0.15) is 0 Å². The highest BCUT2D eigenvalue weighted by atomic mass is 28.4. The highest BCUT2D eigenvalue weighted by Crippen LogP contribution is 2.37. The Bertz CT molecular complexity index is 309. The Morgan fingerprint density at radius 3 is 2.05 bits per heavy atom. The quantitative estimate of drug-likeness (QED) is 0.700. The van der Waals surface area contributed by atoms with Crippen molar-refractivity contribution < 1.29 is 13.6 Å². The zero-order valence-electron chi connectivity index (χ0n) is 13.8. The van der Waals surface area contributed by atoms with Gasteiger partial charge in [-0.15, -0.1) is 0 Å². The van der Waals surface area contributed by atoms with Gasteiger partial charge < -0.3 is 9.33 Å². The maximum atomic E-state index is 14.4. The standard InChI is InChI=1S/C14H30FNO2Si/c1-13(2,3)19(7,8)18-11-14(4,15)10-9-12(17)16(5)6/h9-11H2,1-8H3. The minimum atomic E-state index is -1.93. The number of carbonyl (C=O) groups is 1. The predicted molar refractivity (Wildman–Crippen MR) is 80.6 cm³/mol. The Balaban J connectivity index is 4.35. The molecule has 0 aromatic rings. The Hall–Kier alpha value is -0.423. The number of carbonyl (C=O) groups excluding carboxylic acids is 1. The zero-order chi connectivity index (χ0) is 15.5. The van der Waals surface area contributed by atoms with Crippen LogP contribution in [0.3, 0.4) is 0 Å². The second-order valence-electron chi connectivity index (χ2n) is 7.25. The summed E-state index contributed by atoms with van der Waals surface area (Å²) in [6, 6.07) is 0. The molecule has 19 heavy (non-hydrogen) atoms. The third-order valence-electron chi connectivity index (χ3n) is 3.90. The Kier molecular flexibility index (Phi) is 6.21. The normalized spacial score (nSPS) is 16.1. The van der Waals surface area contributed by atoms with Crippen molar-refractivity contribution in [1.29, 1.82) is 0 Å². The Morgan fingerprint density at radius 1 is 1.21 bits per heavy atom. The molecule has 0 bridgehead atoms. The van der Waals surface area contributed by atoms with E-state index in [0.717, 1.165) is 0 Å². The van der Waals surface area contributed by atoms with E-state index in [2.05, 4.69) is 33.9 Å². The van der Waals surface area contributed by atoms with Crippen molar-refractivity contribution in [3.63, 3.8) is 0 Å². The van der Waals surface area contributed by atoms with Gasteiger partial charge in [0, 0.05) is 20.5 Å². The largest absolute Gasteiger partial charge is 0.414 e. The fourth-order valence-corrected chi connectivity index (χ4v) is 2.31. The lowest BCUT2D eigenvalue weighted by molar-refractivity contribution is -0.129. The smallest absolute Gasteiger partial charge is 0.222 e. The molecule has 0 saturated heterocycles. The summed E-state index contributed by atoms with van der Waals surface area (Å²) >= 11 is 0. The number of amides is 1. The summed E-state index contributed by atoms with van der Waals surface area (Å²) in [6.45, 7) is 12.2.